The summed E-state index contributed by atoms with van der Waals surface area (Å²) in [5.74, 6) is 0. The standard InChI is InChI=1S/C17H35O9/c1-19-4-5-21-8-9-23-12-13-25-16-17-26-15-14-24-11-10-22-7-6-20-3-2-18/h18H,1-17H2/q+1. The molecule has 26 heavy (non-hydrogen) atoms. The van der Waals surface area contributed by atoms with Crippen LogP contribution < -0.4 is 0 Å². The van der Waals surface area contributed by atoms with Gasteiger partial charge in [0.05, 0.1) is 99.1 Å². The highest BCUT2D eigenvalue weighted by molar-refractivity contribution is 4.37. The molecule has 0 unspecified atom stereocenters. The van der Waals surface area contributed by atoms with Gasteiger partial charge in [-0.3, -0.25) is 0 Å². The summed E-state index contributed by atoms with van der Waals surface area (Å²) >= 11 is 0. The third-order valence-electron chi connectivity index (χ3n) is 2.84. The number of rotatable bonds is 23. The maximum Gasteiger partial charge on any atom is 0.213 e. The Hall–Kier alpha value is -0.490. The van der Waals surface area contributed by atoms with Crippen molar-refractivity contribution < 1.29 is 43.0 Å². The molecule has 0 rings (SSSR count). The molecule has 0 saturated carbocycles. The van der Waals surface area contributed by atoms with E-state index in [9.17, 15) is 0 Å². The van der Waals surface area contributed by atoms with Crippen LogP contribution in [0.2, 0.25) is 0 Å². The summed E-state index contributed by atoms with van der Waals surface area (Å²) in [5.41, 5.74) is 0. The first kappa shape index (κ1) is 25.5. The van der Waals surface area contributed by atoms with Crippen LogP contribution in [0.5, 0.6) is 0 Å². The number of aliphatic hydroxyl groups excluding tert-OH is 1. The molecule has 0 aromatic carbocycles. The molecule has 0 aliphatic rings. The van der Waals surface area contributed by atoms with Gasteiger partial charge in [-0.15, -0.1) is 0 Å². The molecule has 0 aliphatic heterocycles. The topological polar surface area (TPSA) is 94.1 Å². The zero-order chi connectivity index (χ0) is 19.0. The first-order chi connectivity index (χ1) is 12.9. The monoisotopic (exact) mass is 383 g/mol. The van der Waals surface area contributed by atoms with Gasteiger partial charge in [-0.2, -0.15) is 4.74 Å². The van der Waals surface area contributed by atoms with Crippen LogP contribution in [0.1, 0.15) is 0 Å². The molecule has 0 amide bonds. The van der Waals surface area contributed by atoms with Crippen LogP contribution in [0.25, 0.3) is 0 Å². The number of hydrogen-bond acceptors (Lipinski definition) is 9. The second kappa shape index (κ2) is 24.5. The van der Waals surface area contributed by atoms with E-state index < -0.39 is 0 Å². The van der Waals surface area contributed by atoms with Crippen molar-refractivity contribution in [3.05, 3.63) is 7.11 Å². The van der Waals surface area contributed by atoms with E-state index in [1.54, 1.807) is 0 Å². The second-order valence-electron chi connectivity index (χ2n) is 4.92. The van der Waals surface area contributed by atoms with Gasteiger partial charge in [0.1, 0.15) is 6.61 Å². The zero-order valence-electron chi connectivity index (χ0n) is 15.7. The fourth-order valence-electron chi connectivity index (χ4n) is 1.60. The molecule has 9 heteroatoms. The molecule has 0 bridgehead atoms. The van der Waals surface area contributed by atoms with Gasteiger partial charge < -0.3 is 38.3 Å². The normalized spacial score (nSPS) is 11.3. The van der Waals surface area contributed by atoms with Gasteiger partial charge in [0, 0.05) is 0 Å². The molecule has 0 atom stereocenters. The van der Waals surface area contributed by atoms with E-state index in [2.05, 4.69) is 11.8 Å². The lowest BCUT2D eigenvalue weighted by atomic mass is 10.6. The van der Waals surface area contributed by atoms with Crippen molar-refractivity contribution in [2.75, 3.05) is 106 Å². The Labute approximate surface area is 156 Å². The molecular formula is C17H35O9+. The summed E-state index contributed by atoms with van der Waals surface area (Å²) in [6.07, 6.45) is 0. The van der Waals surface area contributed by atoms with Gasteiger partial charge in [-0.25, -0.2) is 0 Å². The molecule has 0 aromatic heterocycles. The molecule has 156 valence electrons. The van der Waals surface area contributed by atoms with Crippen LogP contribution in [0.3, 0.4) is 0 Å². The smallest absolute Gasteiger partial charge is 0.213 e. The highest BCUT2D eigenvalue weighted by Crippen LogP contribution is 1.85. The Kier molecular flexibility index (Phi) is 24.0. The van der Waals surface area contributed by atoms with Crippen molar-refractivity contribution in [1.82, 2.24) is 0 Å². The molecule has 0 heterocycles. The molecule has 1 N–H and O–H groups in total. The first-order valence-electron chi connectivity index (χ1n) is 8.94. The predicted molar refractivity (Wildman–Crippen MR) is 94.1 cm³/mol. The van der Waals surface area contributed by atoms with Crippen molar-refractivity contribution in [3.8, 4) is 0 Å². The van der Waals surface area contributed by atoms with E-state index in [1.807, 2.05) is 0 Å². The predicted octanol–water partition coefficient (Wildman–Crippen LogP) is -0.0969. The molecule has 0 fully saturated rings. The summed E-state index contributed by atoms with van der Waals surface area (Å²) in [4.78, 5) is 0. The fourth-order valence-corrected chi connectivity index (χ4v) is 1.60. The number of ether oxygens (including phenoxy) is 8. The Morgan fingerprint density at radius 2 is 0.615 bits per heavy atom. The number of aliphatic hydroxyl groups is 1. The van der Waals surface area contributed by atoms with E-state index in [1.165, 1.54) is 0 Å². The van der Waals surface area contributed by atoms with Crippen molar-refractivity contribution in [3.63, 3.8) is 0 Å². The van der Waals surface area contributed by atoms with Crippen molar-refractivity contribution in [2.45, 2.75) is 0 Å². The lowest BCUT2D eigenvalue weighted by Gasteiger charge is -2.08. The Morgan fingerprint density at radius 1 is 0.385 bits per heavy atom. The summed E-state index contributed by atoms with van der Waals surface area (Å²) in [5, 5.41) is 8.51. The minimum atomic E-state index is 0.0332. The van der Waals surface area contributed by atoms with Crippen LogP contribution in [-0.4, -0.2) is 111 Å². The molecule has 0 aliphatic carbocycles. The molecule has 0 aromatic rings. The SMILES string of the molecule is [CH2+]OCCOCCOCCOCCOCCOCCOCCOCCO. The van der Waals surface area contributed by atoms with Crippen molar-refractivity contribution in [1.29, 1.82) is 0 Å². The van der Waals surface area contributed by atoms with Crippen LogP contribution in [0.15, 0.2) is 0 Å². The van der Waals surface area contributed by atoms with Crippen LogP contribution in [0, 0.1) is 7.11 Å². The first-order valence-corrected chi connectivity index (χ1v) is 8.94. The van der Waals surface area contributed by atoms with Crippen molar-refractivity contribution in [2.24, 2.45) is 0 Å². The summed E-state index contributed by atoms with van der Waals surface area (Å²) < 4.78 is 41.6. The van der Waals surface area contributed by atoms with E-state index >= 15 is 0 Å². The minimum absolute atomic E-state index is 0.0332. The molecule has 0 spiro atoms. The average molecular weight is 383 g/mol. The largest absolute Gasteiger partial charge is 0.394 e. The average Bonchev–Trinajstić information content (AvgIpc) is 2.66. The zero-order valence-corrected chi connectivity index (χ0v) is 15.7. The van der Waals surface area contributed by atoms with Gasteiger partial charge in [0.15, 0.2) is 0 Å². The maximum atomic E-state index is 8.51. The van der Waals surface area contributed by atoms with E-state index in [-0.39, 0.29) is 6.61 Å². The molecule has 9 nitrogen and oxygen atoms in total. The molecular weight excluding hydrogens is 348 g/mol. The lowest BCUT2D eigenvalue weighted by molar-refractivity contribution is -0.0225. The Balaban J connectivity index is 2.95. The van der Waals surface area contributed by atoms with Gasteiger partial charge >= 0.3 is 0 Å². The highest BCUT2D eigenvalue weighted by atomic mass is 16.6. The lowest BCUT2D eigenvalue weighted by Crippen LogP contribution is -2.15. The Bertz CT molecular complexity index is 220. The third kappa shape index (κ3) is 23.5. The van der Waals surface area contributed by atoms with E-state index in [0.29, 0.717) is 99.1 Å². The van der Waals surface area contributed by atoms with Crippen molar-refractivity contribution >= 4 is 0 Å². The van der Waals surface area contributed by atoms with Crippen LogP contribution in [0.4, 0.5) is 0 Å². The second-order valence-corrected chi connectivity index (χ2v) is 4.92. The maximum absolute atomic E-state index is 8.51. The summed E-state index contributed by atoms with van der Waals surface area (Å²) in [7, 11) is 3.25. The highest BCUT2D eigenvalue weighted by Gasteiger charge is 1.94. The summed E-state index contributed by atoms with van der Waals surface area (Å²) in [6, 6.07) is 0. The Morgan fingerprint density at radius 3 is 0.846 bits per heavy atom. The third-order valence-corrected chi connectivity index (χ3v) is 2.84. The van der Waals surface area contributed by atoms with Gasteiger partial charge in [0.2, 0.25) is 7.11 Å². The molecule has 0 saturated heterocycles. The van der Waals surface area contributed by atoms with E-state index in [0.717, 1.165) is 0 Å². The quantitative estimate of drug-likeness (QED) is 0.192. The van der Waals surface area contributed by atoms with Crippen LogP contribution >= 0.6 is 0 Å². The minimum Gasteiger partial charge on any atom is -0.394 e. The fraction of sp³-hybridized carbons (Fsp3) is 0.941. The molecule has 0 radical (unpaired) electrons. The summed E-state index contributed by atoms with van der Waals surface area (Å²) in [6.45, 7) is 7.63. The van der Waals surface area contributed by atoms with Gasteiger partial charge in [0.25, 0.3) is 0 Å². The van der Waals surface area contributed by atoms with Gasteiger partial charge in [-0.1, -0.05) is 0 Å². The van der Waals surface area contributed by atoms with E-state index in [4.69, 9.17) is 38.3 Å². The number of hydrogen-bond donors (Lipinski definition) is 1. The van der Waals surface area contributed by atoms with Crippen LogP contribution in [-0.2, 0) is 37.9 Å². The van der Waals surface area contributed by atoms with Gasteiger partial charge in [-0.05, 0) is 0 Å².